The average Bonchev–Trinajstić information content (AvgIpc) is 2.43. The monoisotopic (exact) mass is 292 g/mol. The Morgan fingerprint density at radius 2 is 2.33 bits per heavy atom. The third-order valence-electron chi connectivity index (χ3n) is 2.44. The van der Waals surface area contributed by atoms with E-state index in [0.717, 1.165) is 5.56 Å². The first kappa shape index (κ1) is 17.1. The number of hydrogen-bond donors (Lipinski definition) is 3. The van der Waals surface area contributed by atoms with E-state index >= 15 is 0 Å². The van der Waals surface area contributed by atoms with Gasteiger partial charge in [-0.2, -0.15) is 0 Å². The van der Waals surface area contributed by atoms with Crippen molar-refractivity contribution in [3.8, 4) is 0 Å². The molecule has 0 aliphatic heterocycles. The zero-order valence-electron chi connectivity index (χ0n) is 12.8. The molecule has 1 unspecified atom stereocenters. The molecule has 0 aromatic carbocycles. The molecule has 0 aliphatic carbocycles. The van der Waals surface area contributed by atoms with Crippen LogP contribution in [0.4, 0.5) is 0 Å². The van der Waals surface area contributed by atoms with Gasteiger partial charge in [0.05, 0.1) is 0 Å². The summed E-state index contributed by atoms with van der Waals surface area (Å²) in [6, 6.07) is 3.74. The first-order valence-corrected chi connectivity index (χ1v) is 6.83. The second-order valence-corrected chi connectivity index (χ2v) is 5.72. The number of hydrogen-bond acceptors (Lipinski definition) is 5. The summed E-state index contributed by atoms with van der Waals surface area (Å²) < 4.78 is 0. The van der Waals surface area contributed by atoms with E-state index in [-0.39, 0.29) is 18.0 Å². The lowest BCUT2D eigenvalue weighted by atomic mass is 10.1. The number of amidine groups is 1. The van der Waals surface area contributed by atoms with Crippen LogP contribution >= 0.6 is 0 Å². The fraction of sp³-hybridized carbons (Fsp3) is 0.467. The number of nitrogens with one attached hydrogen (secondary N) is 1. The summed E-state index contributed by atoms with van der Waals surface area (Å²) in [4.78, 5) is 9.00. The maximum Gasteiger partial charge on any atom is 0.162 e. The predicted octanol–water partition coefficient (Wildman–Crippen LogP) is 1.13. The standard InChI is InChI=1S/C15H24N4O2/c1-15(2,3)18-10-13(20)11-21-19-14(16)7-6-12-5-4-8-17-9-12/h4-9,13,18,20H,10-11H2,1-3H3,(H2,16,19). The van der Waals surface area contributed by atoms with Crippen LogP contribution in [0.25, 0.3) is 6.08 Å². The van der Waals surface area contributed by atoms with Gasteiger partial charge in [-0.05, 0) is 44.6 Å². The molecular formula is C15H24N4O2. The Hall–Kier alpha value is -1.92. The van der Waals surface area contributed by atoms with Crippen molar-refractivity contribution in [1.29, 1.82) is 0 Å². The van der Waals surface area contributed by atoms with Crippen LogP contribution in [0.15, 0.2) is 35.8 Å². The summed E-state index contributed by atoms with van der Waals surface area (Å²) in [5, 5.41) is 16.6. The number of oxime groups is 1. The van der Waals surface area contributed by atoms with Gasteiger partial charge in [-0.15, -0.1) is 0 Å². The zero-order chi connectivity index (χ0) is 15.7. The van der Waals surface area contributed by atoms with Crippen LogP contribution in [-0.2, 0) is 4.84 Å². The van der Waals surface area contributed by atoms with Gasteiger partial charge in [-0.25, -0.2) is 0 Å². The molecule has 1 aromatic rings. The van der Waals surface area contributed by atoms with Gasteiger partial charge in [0.25, 0.3) is 0 Å². The molecular weight excluding hydrogens is 268 g/mol. The Bertz CT molecular complexity index is 466. The van der Waals surface area contributed by atoms with Crippen LogP contribution in [0.2, 0.25) is 0 Å². The Balaban J connectivity index is 2.31. The molecule has 0 aliphatic rings. The number of aliphatic hydroxyl groups is 1. The van der Waals surface area contributed by atoms with Crippen LogP contribution in [0.3, 0.4) is 0 Å². The molecule has 0 radical (unpaired) electrons. The first-order valence-electron chi connectivity index (χ1n) is 6.83. The lowest BCUT2D eigenvalue weighted by molar-refractivity contribution is 0.0372. The quantitative estimate of drug-likeness (QED) is 0.398. The largest absolute Gasteiger partial charge is 0.391 e. The summed E-state index contributed by atoms with van der Waals surface area (Å²) in [6.07, 6.45) is 6.18. The number of pyridine rings is 1. The predicted molar refractivity (Wildman–Crippen MR) is 84.6 cm³/mol. The van der Waals surface area contributed by atoms with E-state index in [0.29, 0.717) is 6.54 Å². The van der Waals surface area contributed by atoms with Gasteiger partial charge in [-0.3, -0.25) is 4.98 Å². The Kier molecular flexibility index (Phi) is 6.84. The van der Waals surface area contributed by atoms with Crippen LogP contribution in [-0.4, -0.2) is 40.7 Å². The molecule has 0 fully saturated rings. The lowest BCUT2D eigenvalue weighted by Gasteiger charge is -2.22. The van der Waals surface area contributed by atoms with Crippen LogP contribution in [0.5, 0.6) is 0 Å². The van der Waals surface area contributed by atoms with E-state index in [9.17, 15) is 5.11 Å². The highest BCUT2D eigenvalue weighted by Gasteiger charge is 2.12. The van der Waals surface area contributed by atoms with Crippen molar-refractivity contribution >= 4 is 11.9 Å². The first-order chi connectivity index (χ1) is 9.87. The number of aromatic nitrogens is 1. The highest BCUT2D eigenvalue weighted by molar-refractivity contribution is 5.94. The molecule has 1 atom stereocenters. The van der Waals surface area contributed by atoms with Gasteiger partial charge in [0.2, 0.25) is 0 Å². The van der Waals surface area contributed by atoms with Crippen LogP contribution < -0.4 is 11.1 Å². The minimum Gasteiger partial charge on any atom is -0.391 e. The molecule has 0 bridgehead atoms. The fourth-order valence-corrected chi connectivity index (χ4v) is 1.37. The second kappa shape index (κ2) is 8.39. The van der Waals surface area contributed by atoms with Crippen LogP contribution in [0, 0.1) is 0 Å². The highest BCUT2D eigenvalue weighted by Crippen LogP contribution is 1.99. The molecule has 0 saturated heterocycles. The Morgan fingerprint density at radius 3 is 2.95 bits per heavy atom. The molecule has 1 rings (SSSR count). The lowest BCUT2D eigenvalue weighted by Crippen LogP contribution is -2.42. The van der Waals surface area contributed by atoms with Crippen molar-refractivity contribution in [1.82, 2.24) is 10.3 Å². The summed E-state index contributed by atoms with van der Waals surface area (Å²) in [5.41, 5.74) is 6.55. The summed E-state index contributed by atoms with van der Waals surface area (Å²) in [7, 11) is 0. The van der Waals surface area contributed by atoms with E-state index in [4.69, 9.17) is 10.6 Å². The molecule has 6 nitrogen and oxygen atoms in total. The SMILES string of the molecule is CC(C)(C)NCC(O)CON=C(N)C=Cc1cccnc1. The van der Waals surface area contributed by atoms with E-state index in [2.05, 4.69) is 15.5 Å². The summed E-state index contributed by atoms with van der Waals surface area (Å²) >= 11 is 0. The molecule has 1 heterocycles. The highest BCUT2D eigenvalue weighted by atomic mass is 16.6. The molecule has 116 valence electrons. The maximum atomic E-state index is 9.71. The van der Waals surface area contributed by atoms with Crippen molar-refractivity contribution in [2.24, 2.45) is 10.9 Å². The van der Waals surface area contributed by atoms with E-state index in [1.807, 2.05) is 32.9 Å². The molecule has 1 aromatic heterocycles. The third-order valence-corrected chi connectivity index (χ3v) is 2.44. The van der Waals surface area contributed by atoms with Gasteiger partial charge >= 0.3 is 0 Å². The number of nitrogens with two attached hydrogens (primary N) is 1. The topological polar surface area (TPSA) is 92.8 Å². The molecule has 6 heteroatoms. The average molecular weight is 292 g/mol. The van der Waals surface area contributed by atoms with Gasteiger partial charge in [0, 0.05) is 24.5 Å². The minimum atomic E-state index is -0.636. The summed E-state index contributed by atoms with van der Waals surface area (Å²) in [5.74, 6) is 0.231. The van der Waals surface area contributed by atoms with Crippen molar-refractivity contribution in [2.45, 2.75) is 32.4 Å². The van der Waals surface area contributed by atoms with Crippen molar-refractivity contribution in [3.63, 3.8) is 0 Å². The molecule has 0 amide bonds. The Labute approximate surface area is 125 Å². The van der Waals surface area contributed by atoms with Crippen molar-refractivity contribution in [3.05, 3.63) is 36.2 Å². The Morgan fingerprint density at radius 1 is 1.57 bits per heavy atom. The molecule has 0 spiro atoms. The minimum absolute atomic E-state index is 0.0459. The molecule has 4 N–H and O–H groups in total. The number of β-amino-alcohol motifs (C(OH)–C–C–N with tert-alkyl or cyclic N) is 1. The third kappa shape index (κ3) is 8.78. The van der Waals surface area contributed by atoms with E-state index < -0.39 is 6.10 Å². The summed E-state index contributed by atoms with van der Waals surface area (Å²) in [6.45, 7) is 6.61. The van der Waals surface area contributed by atoms with E-state index in [1.165, 1.54) is 0 Å². The zero-order valence-corrected chi connectivity index (χ0v) is 12.8. The van der Waals surface area contributed by atoms with Crippen LogP contribution in [0.1, 0.15) is 26.3 Å². The smallest absolute Gasteiger partial charge is 0.162 e. The second-order valence-electron chi connectivity index (χ2n) is 5.72. The molecule has 0 saturated carbocycles. The number of rotatable bonds is 7. The normalized spacial score (nSPS) is 14.4. The van der Waals surface area contributed by atoms with Gasteiger partial charge in [0.1, 0.15) is 12.7 Å². The fourth-order valence-electron chi connectivity index (χ4n) is 1.37. The number of aliphatic hydroxyl groups excluding tert-OH is 1. The van der Waals surface area contributed by atoms with Gasteiger partial charge in [0.15, 0.2) is 5.84 Å². The maximum absolute atomic E-state index is 9.71. The van der Waals surface area contributed by atoms with E-state index in [1.54, 1.807) is 24.5 Å². The van der Waals surface area contributed by atoms with Gasteiger partial charge < -0.3 is 21.0 Å². The molecule has 21 heavy (non-hydrogen) atoms. The number of nitrogens with zero attached hydrogens (tertiary/aromatic N) is 2. The van der Waals surface area contributed by atoms with Crippen molar-refractivity contribution in [2.75, 3.05) is 13.2 Å². The van der Waals surface area contributed by atoms with Gasteiger partial charge in [-0.1, -0.05) is 11.2 Å². The van der Waals surface area contributed by atoms with Crippen molar-refractivity contribution < 1.29 is 9.94 Å².